The van der Waals surface area contributed by atoms with Gasteiger partial charge in [-0.05, 0) is 12.0 Å². The van der Waals surface area contributed by atoms with Gasteiger partial charge in [-0.2, -0.15) is 0 Å². The molecule has 0 saturated heterocycles. The van der Waals surface area contributed by atoms with Gasteiger partial charge in [0.2, 0.25) is 5.91 Å². The molecule has 1 N–H and O–H groups in total. The van der Waals surface area contributed by atoms with Crippen molar-refractivity contribution in [3.63, 3.8) is 0 Å². The van der Waals surface area contributed by atoms with Gasteiger partial charge in [-0.1, -0.05) is 50.1 Å². The molecular weight excluding hydrogens is 186 g/mol. The molecule has 0 spiro atoms. The Morgan fingerprint density at radius 1 is 1.33 bits per heavy atom. The third kappa shape index (κ3) is 3.39. The molecule has 0 aliphatic rings. The van der Waals surface area contributed by atoms with E-state index in [1.54, 1.807) is 7.05 Å². The molecular formula is C13H19NO. The molecule has 0 aliphatic heterocycles. The van der Waals surface area contributed by atoms with Crippen LogP contribution in [0.3, 0.4) is 0 Å². The first-order valence-electron chi connectivity index (χ1n) is 5.56. The van der Waals surface area contributed by atoms with Crippen LogP contribution in [-0.2, 0) is 4.79 Å². The van der Waals surface area contributed by atoms with Crippen molar-refractivity contribution in [2.24, 2.45) is 0 Å². The smallest absolute Gasteiger partial charge is 0.227 e. The van der Waals surface area contributed by atoms with E-state index in [1.807, 2.05) is 30.3 Å². The lowest BCUT2D eigenvalue weighted by Crippen LogP contribution is -2.25. The second kappa shape index (κ2) is 6.23. The predicted octanol–water partition coefficient (Wildman–Crippen LogP) is 2.71. The number of likely N-dealkylation sites (N-methyl/N-ethyl adjacent to an activating group) is 1. The number of rotatable bonds is 5. The Balaban J connectivity index is 2.76. The van der Waals surface area contributed by atoms with Gasteiger partial charge in [0, 0.05) is 7.05 Å². The fourth-order valence-electron chi connectivity index (χ4n) is 1.72. The largest absolute Gasteiger partial charge is 0.359 e. The van der Waals surface area contributed by atoms with Crippen molar-refractivity contribution >= 4 is 5.91 Å². The van der Waals surface area contributed by atoms with E-state index in [1.165, 1.54) is 0 Å². The maximum Gasteiger partial charge on any atom is 0.227 e. The van der Waals surface area contributed by atoms with Gasteiger partial charge in [0.05, 0.1) is 5.92 Å². The highest BCUT2D eigenvalue weighted by Gasteiger charge is 2.17. The SMILES string of the molecule is CCCCC(C(=O)NC)c1ccccc1. The van der Waals surface area contributed by atoms with Crippen LogP contribution in [0.1, 0.15) is 37.7 Å². The molecule has 1 unspecified atom stereocenters. The fourth-order valence-corrected chi connectivity index (χ4v) is 1.72. The van der Waals surface area contributed by atoms with E-state index in [9.17, 15) is 4.79 Å². The molecule has 2 heteroatoms. The molecule has 1 aromatic rings. The third-order valence-electron chi connectivity index (χ3n) is 2.61. The molecule has 0 fully saturated rings. The summed E-state index contributed by atoms with van der Waals surface area (Å²) in [5, 5.41) is 2.73. The first-order chi connectivity index (χ1) is 7.29. The number of hydrogen-bond acceptors (Lipinski definition) is 1. The quantitative estimate of drug-likeness (QED) is 0.786. The van der Waals surface area contributed by atoms with Crippen LogP contribution in [-0.4, -0.2) is 13.0 Å². The van der Waals surface area contributed by atoms with Crippen molar-refractivity contribution in [3.8, 4) is 0 Å². The highest BCUT2D eigenvalue weighted by Crippen LogP contribution is 2.21. The first kappa shape index (κ1) is 11.8. The molecule has 1 amide bonds. The van der Waals surface area contributed by atoms with Gasteiger partial charge in [-0.3, -0.25) is 4.79 Å². The Bertz CT molecular complexity index is 295. The standard InChI is InChI=1S/C13H19NO/c1-3-4-10-12(13(15)14-2)11-8-6-5-7-9-11/h5-9,12H,3-4,10H2,1-2H3,(H,14,15). The number of carbonyl (C=O) groups excluding carboxylic acids is 1. The molecule has 82 valence electrons. The molecule has 0 heterocycles. The molecule has 0 aromatic heterocycles. The number of amides is 1. The van der Waals surface area contributed by atoms with Crippen LogP contribution in [0.2, 0.25) is 0 Å². The molecule has 1 atom stereocenters. The monoisotopic (exact) mass is 205 g/mol. The minimum atomic E-state index is 0.0103. The zero-order chi connectivity index (χ0) is 11.1. The summed E-state index contributed by atoms with van der Waals surface area (Å²) >= 11 is 0. The maximum atomic E-state index is 11.7. The summed E-state index contributed by atoms with van der Waals surface area (Å²) in [6, 6.07) is 9.99. The molecule has 0 bridgehead atoms. The number of hydrogen-bond donors (Lipinski definition) is 1. The van der Waals surface area contributed by atoms with Crippen LogP contribution < -0.4 is 5.32 Å². The lowest BCUT2D eigenvalue weighted by atomic mass is 9.93. The third-order valence-corrected chi connectivity index (χ3v) is 2.61. The van der Waals surface area contributed by atoms with Crippen molar-refractivity contribution in [1.82, 2.24) is 5.32 Å². The van der Waals surface area contributed by atoms with Crippen LogP contribution in [0.15, 0.2) is 30.3 Å². The van der Waals surface area contributed by atoms with Gasteiger partial charge in [-0.25, -0.2) is 0 Å². The molecule has 2 nitrogen and oxygen atoms in total. The second-order valence-corrected chi connectivity index (χ2v) is 3.72. The molecule has 0 aliphatic carbocycles. The van der Waals surface area contributed by atoms with Crippen molar-refractivity contribution in [2.75, 3.05) is 7.05 Å². The fraction of sp³-hybridized carbons (Fsp3) is 0.462. The Hall–Kier alpha value is -1.31. The number of nitrogens with one attached hydrogen (secondary N) is 1. The van der Waals surface area contributed by atoms with Gasteiger partial charge in [0.15, 0.2) is 0 Å². The van der Waals surface area contributed by atoms with Crippen LogP contribution in [0.25, 0.3) is 0 Å². The van der Waals surface area contributed by atoms with E-state index in [2.05, 4.69) is 12.2 Å². The average molecular weight is 205 g/mol. The van der Waals surface area contributed by atoms with E-state index >= 15 is 0 Å². The van der Waals surface area contributed by atoms with E-state index in [-0.39, 0.29) is 11.8 Å². The molecule has 0 saturated carbocycles. The minimum absolute atomic E-state index is 0.0103. The highest BCUT2D eigenvalue weighted by atomic mass is 16.1. The minimum Gasteiger partial charge on any atom is -0.359 e. The Morgan fingerprint density at radius 3 is 2.53 bits per heavy atom. The van der Waals surface area contributed by atoms with Gasteiger partial charge < -0.3 is 5.32 Å². The van der Waals surface area contributed by atoms with Crippen molar-refractivity contribution in [3.05, 3.63) is 35.9 Å². The van der Waals surface area contributed by atoms with E-state index in [0.717, 1.165) is 24.8 Å². The Kier molecular flexibility index (Phi) is 4.88. The normalized spacial score (nSPS) is 12.1. The summed E-state index contributed by atoms with van der Waals surface area (Å²) < 4.78 is 0. The lowest BCUT2D eigenvalue weighted by molar-refractivity contribution is -0.122. The summed E-state index contributed by atoms with van der Waals surface area (Å²) in [7, 11) is 1.70. The first-order valence-corrected chi connectivity index (χ1v) is 5.56. The zero-order valence-electron chi connectivity index (χ0n) is 9.49. The summed E-state index contributed by atoms with van der Waals surface area (Å²) in [5.74, 6) is 0.130. The summed E-state index contributed by atoms with van der Waals surface area (Å²) in [6.07, 6.45) is 3.15. The van der Waals surface area contributed by atoms with Gasteiger partial charge in [0.25, 0.3) is 0 Å². The Labute approximate surface area is 91.7 Å². The van der Waals surface area contributed by atoms with Gasteiger partial charge in [0.1, 0.15) is 0 Å². The summed E-state index contributed by atoms with van der Waals surface area (Å²) in [5.41, 5.74) is 1.12. The van der Waals surface area contributed by atoms with Crippen molar-refractivity contribution in [1.29, 1.82) is 0 Å². The number of benzene rings is 1. The van der Waals surface area contributed by atoms with Crippen LogP contribution in [0.5, 0.6) is 0 Å². The highest BCUT2D eigenvalue weighted by molar-refractivity contribution is 5.83. The Morgan fingerprint density at radius 2 is 2.00 bits per heavy atom. The number of unbranched alkanes of at least 4 members (excludes halogenated alkanes) is 1. The zero-order valence-corrected chi connectivity index (χ0v) is 9.49. The van der Waals surface area contributed by atoms with E-state index in [4.69, 9.17) is 0 Å². The van der Waals surface area contributed by atoms with E-state index in [0.29, 0.717) is 0 Å². The number of carbonyl (C=O) groups is 1. The lowest BCUT2D eigenvalue weighted by Gasteiger charge is -2.15. The second-order valence-electron chi connectivity index (χ2n) is 3.72. The molecule has 15 heavy (non-hydrogen) atoms. The van der Waals surface area contributed by atoms with Crippen LogP contribution in [0.4, 0.5) is 0 Å². The topological polar surface area (TPSA) is 29.1 Å². The maximum absolute atomic E-state index is 11.7. The molecule has 1 aromatic carbocycles. The van der Waals surface area contributed by atoms with E-state index < -0.39 is 0 Å². The predicted molar refractivity (Wildman–Crippen MR) is 62.8 cm³/mol. The average Bonchev–Trinajstić information content (AvgIpc) is 2.30. The van der Waals surface area contributed by atoms with Crippen molar-refractivity contribution in [2.45, 2.75) is 32.1 Å². The van der Waals surface area contributed by atoms with Crippen LogP contribution in [0, 0.1) is 0 Å². The summed E-state index contributed by atoms with van der Waals surface area (Å²) in [4.78, 5) is 11.7. The molecule has 1 rings (SSSR count). The van der Waals surface area contributed by atoms with Gasteiger partial charge in [-0.15, -0.1) is 0 Å². The molecule has 0 radical (unpaired) electrons. The van der Waals surface area contributed by atoms with Crippen LogP contribution >= 0.6 is 0 Å². The van der Waals surface area contributed by atoms with Crippen molar-refractivity contribution < 1.29 is 4.79 Å². The van der Waals surface area contributed by atoms with Gasteiger partial charge >= 0.3 is 0 Å². The summed E-state index contributed by atoms with van der Waals surface area (Å²) in [6.45, 7) is 2.14.